The molecular formula is C24H32Cl2N8O4+2. The standard InChI is InChI=1S/C24H32Cl2N8O4/c1-17-15-19(25)21(31(35)36)23(27-17)29-3-7-33(8-4-29)11-13-34(14-12-33)9-5-30(6-10-34)24-22(32(37)38)20(26)16-18(2)28-24/h15-16H,3-14H2,1-2H3/q+2. The van der Waals surface area contributed by atoms with E-state index in [9.17, 15) is 20.2 Å². The van der Waals surface area contributed by atoms with Gasteiger partial charge in [-0.3, -0.25) is 20.2 Å². The SMILES string of the molecule is Cc1cc(Cl)c([N+](=O)[O-])c(N2CC[N+]3(CC2)CC[N+]2(CCN(c4nc(C)cc(Cl)c4[N+](=O)[O-])CC2)CC3)n1. The van der Waals surface area contributed by atoms with Gasteiger partial charge >= 0.3 is 11.4 Å². The van der Waals surface area contributed by atoms with Crippen LogP contribution in [0.25, 0.3) is 0 Å². The van der Waals surface area contributed by atoms with Gasteiger partial charge in [0.05, 0.1) is 62.2 Å². The minimum atomic E-state index is -0.438. The Morgan fingerprint density at radius 1 is 0.684 bits per heavy atom. The minimum absolute atomic E-state index is 0.114. The van der Waals surface area contributed by atoms with E-state index in [1.807, 2.05) is 9.80 Å². The number of pyridine rings is 2. The highest BCUT2D eigenvalue weighted by molar-refractivity contribution is 6.33. The molecule has 204 valence electrons. The molecule has 0 saturated carbocycles. The molecule has 3 aliphatic rings. The van der Waals surface area contributed by atoms with Crippen LogP contribution in [-0.4, -0.2) is 107 Å². The highest BCUT2D eigenvalue weighted by atomic mass is 35.5. The van der Waals surface area contributed by atoms with Gasteiger partial charge in [-0.1, -0.05) is 23.2 Å². The van der Waals surface area contributed by atoms with Crippen molar-refractivity contribution in [3.05, 3.63) is 53.8 Å². The molecule has 2 aromatic rings. The highest BCUT2D eigenvalue weighted by Gasteiger charge is 2.46. The van der Waals surface area contributed by atoms with Crippen LogP contribution in [0.4, 0.5) is 23.0 Å². The zero-order chi connectivity index (χ0) is 27.2. The first-order chi connectivity index (χ1) is 18.0. The number of aryl methyl sites for hydroxylation is 2. The molecule has 0 amide bonds. The molecule has 3 aliphatic heterocycles. The van der Waals surface area contributed by atoms with Gasteiger partial charge in [-0.15, -0.1) is 0 Å². The van der Waals surface area contributed by atoms with Crippen LogP contribution in [0.5, 0.6) is 0 Å². The second kappa shape index (κ2) is 10.1. The number of hydrogen-bond acceptors (Lipinski definition) is 8. The monoisotopic (exact) mass is 566 g/mol. The average molecular weight is 567 g/mol. The fourth-order valence-electron chi connectivity index (χ4n) is 6.17. The lowest BCUT2D eigenvalue weighted by Crippen LogP contribution is -2.73. The Labute approximate surface area is 230 Å². The number of anilines is 2. The van der Waals surface area contributed by atoms with Crippen LogP contribution in [0.15, 0.2) is 12.1 Å². The molecule has 3 fully saturated rings. The molecule has 14 heteroatoms. The van der Waals surface area contributed by atoms with E-state index in [0.29, 0.717) is 49.2 Å². The number of nitrogens with zero attached hydrogens (tertiary/aromatic N) is 8. The van der Waals surface area contributed by atoms with Crippen molar-refractivity contribution in [1.29, 1.82) is 0 Å². The maximum Gasteiger partial charge on any atom is 0.330 e. The van der Waals surface area contributed by atoms with E-state index in [2.05, 4.69) is 9.97 Å². The molecule has 2 aromatic heterocycles. The van der Waals surface area contributed by atoms with Gasteiger partial charge in [-0.05, 0) is 26.0 Å². The smallest absolute Gasteiger partial charge is 0.330 e. The summed E-state index contributed by atoms with van der Waals surface area (Å²) >= 11 is 12.4. The fourth-order valence-corrected chi connectivity index (χ4v) is 6.79. The predicted molar refractivity (Wildman–Crippen MR) is 145 cm³/mol. The van der Waals surface area contributed by atoms with Gasteiger partial charge in [-0.25, -0.2) is 9.97 Å². The Morgan fingerprint density at radius 3 is 1.29 bits per heavy atom. The summed E-state index contributed by atoms with van der Waals surface area (Å²) in [5, 5.41) is 23.6. The van der Waals surface area contributed by atoms with Crippen molar-refractivity contribution in [1.82, 2.24) is 9.97 Å². The Kier molecular flexibility index (Phi) is 7.10. The average Bonchev–Trinajstić information content (AvgIpc) is 2.85. The van der Waals surface area contributed by atoms with Gasteiger partial charge in [0.2, 0.25) is 11.6 Å². The Hall–Kier alpha value is -2.80. The number of rotatable bonds is 4. The second-order valence-corrected chi connectivity index (χ2v) is 11.6. The Balaban J connectivity index is 1.22. The largest absolute Gasteiger partial charge is 0.340 e. The Bertz CT molecular complexity index is 1170. The zero-order valence-electron chi connectivity index (χ0n) is 21.6. The molecule has 0 bridgehead atoms. The summed E-state index contributed by atoms with van der Waals surface area (Å²) in [4.78, 5) is 35.4. The lowest BCUT2D eigenvalue weighted by molar-refractivity contribution is -1.03. The zero-order valence-corrected chi connectivity index (χ0v) is 23.1. The van der Waals surface area contributed by atoms with E-state index < -0.39 is 9.85 Å². The summed E-state index contributed by atoms with van der Waals surface area (Å²) < 4.78 is 2.02. The molecule has 0 N–H and O–H groups in total. The third-order valence-electron chi connectivity index (χ3n) is 8.55. The van der Waals surface area contributed by atoms with E-state index in [-0.39, 0.29) is 21.4 Å². The quantitative estimate of drug-likeness (QED) is 0.314. The van der Waals surface area contributed by atoms with Gasteiger partial charge in [-0.2, -0.15) is 0 Å². The molecular weight excluding hydrogens is 535 g/mol. The second-order valence-electron chi connectivity index (χ2n) is 10.8. The molecule has 0 radical (unpaired) electrons. The number of halogens is 2. The summed E-state index contributed by atoms with van der Waals surface area (Å²) in [6, 6.07) is 3.08. The molecule has 12 nitrogen and oxygen atoms in total. The van der Waals surface area contributed by atoms with Gasteiger partial charge < -0.3 is 18.8 Å². The summed E-state index contributed by atoms with van der Waals surface area (Å²) in [5.41, 5.74) is 1.11. The first-order valence-corrected chi connectivity index (χ1v) is 13.6. The molecule has 2 spiro atoms. The van der Waals surface area contributed by atoms with Crippen LogP contribution in [-0.2, 0) is 0 Å². The van der Waals surface area contributed by atoms with Crippen molar-refractivity contribution in [3.8, 4) is 0 Å². The number of hydrogen-bond donors (Lipinski definition) is 0. The van der Waals surface area contributed by atoms with Crippen molar-refractivity contribution in [2.24, 2.45) is 0 Å². The van der Waals surface area contributed by atoms with Gasteiger partial charge in [0.1, 0.15) is 36.2 Å². The molecule has 5 heterocycles. The topological polar surface area (TPSA) is 119 Å². The first-order valence-electron chi connectivity index (χ1n) is 12.8. The highest BCUT2D eigenvalue weighted by Crippen LogP contribution is 2.37. The molecule has 0 aromatic carbocycles. The summed E-state index contributed by atoms with van der Waals surface area (Å²) in [6.45, 7) is 14.2. The maximum atomic E-state index is 11.7. The van der Waals surface area contributed by atoms with E-state index >= 15 is 0 Å². The van der Waals surface area contributed by atoms with Crippen LogP contribution in [0, 0.1) is 34.1 Å². The normalized spacial score (nSPS) is 20.6. The van der Waals surface area contributed by atoms with Gasteiger partial charge in [0.15, 0.2) is 0 Å². The predicted octanol–water partition coefficient (Wildman–Crippen LogP) is 3.20. The van der Waals surface area contributed by atoms with Gasteiger partial charge in [0.25, 0.3) is 0 Å². The molecule has 0 unspecified atom stereocenters. The summed E-state index contributed by atoms with van der Waals surface area (Å²) in [5.74, 6) is 0.738. The van der Waals surface area contributed by atoms with E-state index in [4.69, 9.17) is 23.2 Å². The molecule has 38 heavy (non-hydrogen) atoms. The molecule has 3 saturated heterocycles. The number of piperazine rings is 3. The third-order valence-corrected chi connectivity index (χ3v) is 9.13. The van der Waals surface area contributed by atoms with E-state index in [0.717, 1.165) is 61.3 Å². The van der Waals surface area contributed by atoms with Gasteiger partial charge in [0, 0.05) is 11.4 Å². The first kappa shape index (κ1) is 26.8. The number of quaternary nitrogens is 2. The van der Waals surface area contributed by atoms with Crippen LogP contribution < -0.4 is 9.80 Å². The number of nitro groups is 2. The van der Waals surface area contributed by atoms with Crippen molar-refractivity contribution >= 4 is 46.2 Å². The van der Waals surface area contributed by atoms with E-state index in [1.165, 1.54) is 12.1 Å². The lowest BCUT2D eigenvalue weighted by atomic mass is 10.1. The summed E-state index contributed by atoms with van der Waals surface area (Å²) in [6.07, 6.45) is 0. The molecule has 5 rings (SSSR count). The molecule has 0 aliphatic carbocycles. The van der Waals surface area contributed by atoms with Crippen molar-refractivity contribution in [2.45, 2.75) is 13.8 Å². The van der Waals surface area contributed by atoms with Crippen LogP contribution in [0.1, 0.15) is 11.4 Å². The van der Waals surface area contributed by atoms with Crippen molar-refractivity contribution in [2.75, 3.05) is 88.3 Å². The minimum Gasteiger partial charge on any atom is -0.340 e. The molecule has 0 atom stereocenters. The fraction of sp³-hybridized carbons (Fsp3) is 0.583. The van der Waals surface area contributed by atoms with Crippen molar-refractivity contribution < 1.29 is 18.8 Å². The van der Waals surface area contributed by atoms with Crippen LogP contribution >= 0.6 is 23.2 Å². The number of aromatic nitrogens is 2. The third kappa shape index (κ3) is 4.97. The Morgan fingerprint density at radius 2 is 1.00 bits per heavy atom. The van der Waals surface area contributed by atoms with E-state index in [1.54, 1.807) is 13.8 Å². The van der Waals surface area contributed by atoms with Crippen LogP contribution in [0.3, 0.4) is 0 Å². The summed E-state index contributed by atoms with van der Waals surface area (Å²) in [7, 11) is 0. The maximum absolute atomic E-state index is 11.7. The van der Waals surface area contributed by atoms with Crippen LogP contribution in [0.2, 0.25) is 10.0 Å². The van der Waals surface area contributed by atoms with Crippen molar-refractivity contribution in [3.63, 3.8) is 0 Å². The lowest BCUT2D eigenvalue weighted by Gasteiger charge is -2.54.